The SMILES string of the molecule is CCCC1=CC(CNc2ccccc2C(=O)NOCc2ccccc2)(C(=O)OCC)ON1. The van der Waals surface area contributed by atoms with Crippen LogP contribution in [-0.2, 0) is 25.8 Å². The van der Waals surface area contributed by atoms with Gasteiger partial charge in [0.25, 0.3) is 5.91 Å². The topological polar surface area (TPSA) is 97.9 Å². The van der Waals surface area contributed by atoms with E-state index in [1.54, 1.807) is 37.3 Å². The van der Waals surface area contributed by atoms with Gasteiger partial charge in [-0.3, -0.25) is 19.9 Å². The van der Waals surface area contributed by atoms with Crippen LogP contribution >= 0.6 is 0 Å². The van der Waals surface area contributed by atoms with E-state index >= 15 is 0 Å². The van der Waals surface area contributed by atoms with Gasteiger partial charge < -0.3 is 10.1 Å². The number of hydrogen-bond donors (Lipinski definition) is 3. The molecule has 1 amide bonds. The highest BCUT2D eigenvalue weighted by Gasteiger charge is 2.44. The van der Waals surface area contributed by atoms with E-state index in [0.717, 1.165) is 24.1 Å². The lowest BCUT2D eigenvalue weighted by atomic mass is 10.0. The molecular formula is C24H29N3O5. The molecule has 8 heteroatoms. The van der Waals surface area contributed by atoms with E-state index in [1.807, 2.05) is 37.3 Å². The summed E-state index contributed by atoms with van der Waals surface area (Å²) in [5.41, 5.74) is 6.65. The van der Waals surface area contributed by atoms with Crippen LogP contribution in [-0.4, -0.2) is 30.6 Å². The normalized spacial score (nSPS) is 17.2. The molecule has 170 valence electrons. The van der Waals surface area contributed by atoms with Gasteiger partial charge in [0.1, 0.15) is 0 Å². The Kier molecular flexibility index (Phi) is 8.24. The molecule has 0 aliphatic carbocycles. The van der Waals surface area contributed by atoms with E-state index < -0.39 is 17.5 Å². The van der Waals surface area contributed by atoms with Crippen LogP contribution in [0.5, 0.6) is 0 Å². The van der Waals surface area contributed by atoms with E-state index in [-0.39, 0.29) is 19.8 Å². The van der Waals surface area contributed by atoms with Crippen LogP contribution in [0.2, 0.25) is 0 Å². The molecular weight excluding hydrogens is 410 g/mol. The Labute approximate surface area is 187 Å². The number of ether oxygens (including phenoxy) is 1. The van der Waals surface area contributed by atoms with E-state index in [9.17, 15) is 9.59 Å². The molecule has 2 aromatic rings. The lowest BCUT2D eigenvalue weighted by Crippen LogP contribution is -2.46. The van der Waals surface area contributed by atoms with Crippen molar-refractivity contribution < 1.29 is 24.0 Å². The van der Waals surface area contributed by atoms with Crippen molar-refractivity contribution in [1.29, 1.82) is 0 Å². The third-order valence-electron chi connectivity index (χ3n) is 4.87. The number of anilines is 1. The van der Waals surface area contributed by atoms with Crippen molar-refractivity contribution >= 4 is 17.6 Å². The highest BCUT2D eigenvalue weighted by Crippen LogP contribution is 2.26. The number of carbonyl (C=O) groups is 2. The van der Waals surface area contributed by atoms with Crippen LogP contribution in [0.4, 0.5) is 5.69 Å². The third kappa shape index (κ3) is 5.87. The Morgan fingerprint density at radius 2 is 1.81 bits per heavy atom. The molecule has 1 aliphatic heterocycles. The van der Waals surface area contributed by atoms with Crippen molar-refractivity contribution in [2.24, 2.45) is 0 Å². The van der Waals surface area contributed by atoms with Gasteiger partial charge in [0.2, 0.25) is 5.60 Å². The largest absolute Gasteiger partial charge is 0.463 e. The summed E-state index contributed by atoms with van der Waals surface area (Å²) in [4.78, 5) is 36.3. The monoisotopic (exact) mass is 439 g/mol. The van der Waals surface area contributed by atoms with Gasteiger partial charge in [0.05, 0.1) is 25.3 Å². The second-order valence-corrected chi connectivity index (χ2v) is 7.34. The number of benzene rings is 2. The maximum atomic E-state index is 12.7. The van der Waals surface area contributed by atoms with E-state index in [0.29, 0.717) is 11.3 Å². The van der Waals surface area contributed by atoms with E-state index in [1.165, 1.54) is 0 Å². The molecule has 0 radical (unpaired) electrons. The first-order chi connectivity index (χ1) is 15.6. The molecule has 0 bridgehead atoms. The number of esters is 1. The third-order valence-corrected chi connectivity index (χ3v) is 4.87. The van der Waals surface area contributed by atoms with Crippen LogP contribution in [0, 0.1) is 0 Å². The number of allylic oxidation sites excluding steroid dienone is 1. The fourth-order valence-corrected chi connectivity index (χ4v) is 3.28. The molecule has 0 aromatic heterocycles. The molecule has 0 saturated carbocycles. The molecule has 0 spiro atoms. The standard InChI is InChI=1S/C24H29N3O5/c1-3-10-19-15-24(32-26-19,23(29)30-4-2)17-25-21-14-9-8-13-20(21)22(28)27-31-16-18-11-6-5-7-12-18/h5-9,11-15,25-26H,3-4,10,16-17H2,1-2H3,(H,27,28). The first-order valence-electron chi connectivity index (χ1n) is 10.7. The Bertz CT molecular complexity index is 948. The summed E-state index contributed by atoms with van der Waals surface area (Å²) in [7, 11) is 0. The van der Waals surface area contributed by atoms with Crippen LogP contribution in [0.15, 0.2) is 66.4 Å². The fourth-order valence-electron chi connectivity index (χ4n) is 3.28. The van der Waals surface area contributed by atoms with Gasteiger partial charge in [0, 0.05) is 11.4 Å². The maximum Gasteiger partial charge on any atom is 0.347 e. The summed E-state index contributed by atoms with van der Waals surface area (Å²) in [6.07, 6.45) is 3.40. The first-order valence-corrected chi connectivity index (χ1v) is 10.7. The zero-order valence-electron chi connectivity index (χ0n) is 18.4. The Morgan fingerprint density at radius 1 is 1.06 bits per heavy atom. The number of rotatable bonds is 11. The van der Waals surface area contributed by atoms with Gasteiger partial charge >= 0.3 is 5.97 Å². The zero-order valence-corrected chi connectivity index (χ0v) is 18.4. The van der Waals surface area contributed by atoms with Gasteiger partial charge in [-0.2, -0.15) is 0 Å². The van der Waals surface area contributed by atoms with Crippen molar-refractivity contribution in [3.63, 3.8) is 0 Å². The summed E-state index contributed by atoms with van der Waals surface area (Å²) < 4.78 is 5.23. The van der Waals surface area contributed by atoms with Crippen LogP contribution in [0.3, 0.4) is 0 Å². The van der Waals surface area contributed by atoms with Gasteiger partial charge in [-0.25, -0.2) is 10.3 Å². The van der Waals surface area contributed by atoms with E-state index in [4.69, 9.17) is 14.4 Å². The van der Waals surface area contributed by atoms with Crippen molar-refractivity contribution in [3.05, 3.63) is 77.5 Å². The van der Waals surface area contributed by atoms with Crippen LogP contribution in [0.25, 0.3) is 0 Å². The predicted octanol–water partition coefficient (Wildman–Crippen LogP) is 3.48. The minimum Gasteiger partial charge on any atom is -0.463 e. The summed E-state index contributed by atoms with van der Waals surface area (Å²) in [6.45, 7) is 4.35. The number of carbonyl (C=O) groups excluding carboxylic acids is 2. The Hall–Kier alpha value is -3.36. The van der Waals surface area contributed by atoms with Crippen molar-refractivity contribution in [3.8, 4) is 0 Å². The van der Waals surface area contributed by atoms with Crippen LogP contribution in [0.1, 0.15) is 42.6 Å². The average Bonchev–Trinajstić information content (AvgIpc) is 3.23. The summed E-state index contributed by atoms with van der Waals surface area (Å²) >= 11 is 0. The molecule has 2 aromatic carbocycles. The average molecular weight is 440 g/mol. The van der Waals surface area contributed by atoms with Gasteiger partial charge in [0.15, 0.2) is 0 Å². The summed E-state index contributed by atoms with van der Waals surface area (Å²) in [5, 5.41) is 3.16. The second kappa shape index (κ2) is 11.3. The number of para-hydroxylation sites is 1. The molecule has 1 heterocycles. The highest BCUT2D eigenvalue weighted by atomic mass is 16.7. The smallest absolute Gasteiger partial charge is 0.347 e. The molecule has 8 nitrogen and oxygen atoms in total. The van der Waals surface area contributed by atoms with Gasteiger partial charge in [-0.1, -0.05) is 55.8 Å². The predicted molar refractivity (Wildman–Crippen MR) is 120 cm³/mol. The lowest BCUT2D eigenvalue weighted by Gasteiger charge is -2.24. The van der Waals surface area contributed by atoms with Crippen molar-refractivity contribution in [2.75, 3.05) is 18.5 Å². The Morgan fingerprint density at radius 3 is 2.56 bits per heavy atom. The van der Waals surface area contributed by atoms with Crippen LogP contribution < -0.4 is 16.3 Å². The van der Waals surface area contributed by atoms with Crippen molar-refractivity contribution in [2.45, 2.75) is 38.9 Å². The molecule has 1 unspecified atom stereocenters. The fraction of sp³-hybridized carbons (Fsp3) is 0.333. The zero-order chi connectivity index (χ0) is 22.8. The lowest BCUT2D eigenvalue weighted by molar-refractivity contribution is -0.167. The Balaban J connectivity index is 1.67. The maximum absolute atomic E-state index is 12.7. The minimum atomic E-state index is -1.33. The molecule has 1 atom stereocenters. The number of nitrogens with one attached hydrogen (secondary N) is 3. The summed E-state index contributed by atoms with van der Waals surface area (Å²) in [5.74, 6) is -0.902. The molecule has 0 saturated heterocycles. The van der Waals surface area contributed by atoms with Crippen molar-refractivity contribution in [1.82, 2.24) is 11.0 Å². The molecule has 3 rings (SSSR count). The van der Waals surface area contributed by atoms with Gasteiger partial charge in [-0.15, -0.1) is 0 Å². The summed E-state index contributed by atoms with van der Waals surface area (Å²) in [6, 6.07) is 16.5. The number of amides is 1. The molecule has 3 N–H and O–H groups in total. The quantitative estimate of drug-likeness (QED) is 0.364. The van der Waals surface area contributed by atoms with E-state index in [2.05, 4.69) is 16.3 Å². The second-order valence-electron chi connectivity index (χ2n) is 7.34. The minimum absolute atomic E-state index is 0.0845. The number of hydroxylamine groups is 2. The first kappa shape index (κ1) is 23.3. The van der Waals surface area contributed by atoms with Gasteiger partial charge in [-0.05, 0) is 37.1 Å². The molecule has 32 heavy (non-hydrogen) atoms. The highest BCUT2D eigenvalue weighted by molar-refractivity contribution is 5.99. The molecule has 0 fully saturated rings. The molecule has 1 aliphatic rings. The number of hydrogen-bond acceptors (Lipinski definition) is 7.